The smallest absolute Gasteiger partial charge is 0.322 e. The van der Waals surface area contributed by atoms with Gasteiger partial charge in [-0.15, -0.1) is 0 Å². The van der Waals surface area contributed by atoms with Gasteiger partial charge in [0.05, 0.1) is 6.54 Å². The molecular formula is C15H20N4O4. The molecule has 2 N–H and O–H groups in total. The Balaban J connectivity index is 1.56. The van der Waals surface area contributed by atoms with Gasteiger partial charge in [0.15, 0.2) is 5.89 Å². The first-order valence-electron chi connectivity index (χ1n) is 7.81. The van der Waals surface area contributed by atoms with Crippen LogP contribution in [0.5, 0.6) is 0 Å². The molecule has 2 aliphatic heterocycles. The van der Waals surface area contributed by atoms with Crippen molar-refractivity contribution in [2.45, 2.75) is 51.6 Å². The number of carbonyl (C=O) groups excluding carboxylic acids is 3. The third-order valence-electron chi connectivity index (χ3n) is 4.10. The number of fused-ring (bicyclic) bond motifs is 1. The van der Waals surface area contributed by atoms with Crippen LogP contribution in [0.15, 0.2) is 4.42 Å². The first-order valence-corrected chi connectivity index (χ1v) is 7.81. The highest BCUT2D eigenvalue weighted by Crippen LogP contribution is 2.24. The van der Waals surface area contributed by atoms with Crippen molar-refractivity contribution >= 4 is 17.8 Å². The Morgan fingerprint density at radius 3 is 2.87 bits per heavy atom. The lowest BCUT2D eigenvalue weighted by molar-refractivity contribution is -0.132. The van der Waals surface area contributed by atoms with Crippen LogP contribution in [0, 0.1) is 0 Å². The molecule has 1 saturated heterocycles. The lowest BCUT2D eigenvalue weighted by Gasteiger charge is -2.25. The van der Waals surface area contributed by atoms with Crippen molar-refractivity contribution in [3.8, 4) is 0 Å². The Kier molecular flexibility index (Phi) is 4.06. The Morgan fingerprint density at radius 1 is 1.43 bits per heavy atom. The highest BCUT2D eigenvalue weighted by atomic mass is 16.4. The highest BCUT2D eigenvalue weighted by molar-refractivity contribution is 6.04. The zero-order valence-corrected chi connectivity index (χ0v) is 13.2. The number of carbonyl (C=O) groups is 3. The second-order valence-corrected chi connectivity index (χ2v) is 6.20. The molecule has 0 spiro atoms. The quantitative estimate of drug-likeness (QED) is 0.794. The Bertz CT molecular complexity index is 652. The number of nitrogens with zero attached hydrogens (tertiary/aromatic N) is 2. The van der Waals surface area contributed by atoms with E-state index in [2.05, 4.69) is 15.6 Å². The summed E-state index contributed by atoms with van der Waals surface area (Å²) in [7, 11) is 0. The number of amides is 4. The summed E-state index contributed by atoms with van der Waals surface area (Å²) in [5, 5.41) is 4.66. The maximum Gasteiger partial charge on any atom is 0.322 e. The van der Waals surface area contributed by atoms with Crippen LogP contribution in [0.4, 0.5) is 4.79 Å². The SMILES string of the molecule is CC(C)c1nc2c(o1)CCN(C(=O)CC[C@@H]1NC(=O)NC1=O)C2. The molecule has 1 aromatic rings. The molecule has 8 nitrogen and oxygen atoms in total. The van der Waals surface area contributed by atoms with E-state index in [4.69, 9.17) is 4.42 Å². The van der Waals surface area contributed by atoms with Gasteiger partial charge in [0.2, 0.25) is 5.91 Å². The second-order valence-electron chi connectivity index (χ2n) is 6.20. The maximum absolute atomic E-state index is 12.3. The van der Waals surface area contributed by atoms with Crippen molar-refractivity contribution in [1.82, 2.24) is 20.5 Å². The van der Waals surface area contributed by atoms with Gasteiger partial charge in [0.25, 0.3) is 5.91 Å². The molecule has 0 aromatic carbocycles. The summed E-state index contributed by atoms with van der Waals surface area (Å²) in [5.41, 5.74) is 0.820. The number of aromatic nitrogens is 1. The normalized spacial score (nSPS) is 20.5. The molecule has 2 aliphatic rings. The molecule has 0 bridgehead atoms. The molecule has 1 atom stereocenters. The second kappa shape index (κ2) is 6.02. The van der Waals surface area contributed by atoms with Crippen LogP contribution in [-0.2, 0) is 22.6 Å². The molecule has 1 aromatic heterocycles. The van der Waals surface area contributed by atoms with Crippen molar-refractivity contribution < 1.29 is 18.8 Å². The molecule has 0 saturated carbocycles. The average Bonchev–Trinajstić information content (AvgIpc) is 3.07. The van der Waals surface area contributed by atoms with E-state index in [9.17, 15) is 14.4 Å². The van der Waals surface area contributed by atoms with Crippen LogP contribution in [0.2, 0.25) is 0 Å². The average molecular weight is 320 g/mol. The molecule has 8 heteroatoms. The predicted molar refractivity (Wildman–Crippen MR) is 79.4 cm³/mol. The molecule has 124 valence electrons. The van der Waals surface area contributed by atoms with Crippen molar-refractivity contribution in [2.24, 2.45) is 0 Å². The summed E-state index contributed by atoms with van der Waals surface area (Å²) in [6, 6.07) is -1.12. The molecule has 23 heavy (non-hydrogen) atoms. The lowest BCUT2D eigenvalue weighted by Crippen LogP contribution is -2.37. The summed E-state index contributed by atoms with van der Waals surface area (Å²) in [4.78, 5) is 41.0. The van der Waals surface area contributed by atoms with Gasteiger partial charge in [0.1, 0.15) is 17.5 Å². The van der Waals surface area contributed by atoms with Gasteiger partial charge in [-0.2, -0.15) is 0 Å². The van der Waals surface area contributed by atoms with Gasteiger partial charge >= 0.3 is 6.03 Å². The van der Waals surface area contributed by atoms with Crippen molar-refractivity contribution in [3.63, 3.8) is 0 Å². The first kappa shape index (κ1) is 15.5. The van der Waals surface area contributed by atoms with E-state index in [1.54, 1.807) is 4.90 Å². The van der Waals surface area contributed by atoms with Crippen molar-refractivity contribution in [3.05, 3.63) is 17.3 Å². The van der Waals surface area contributed by atoms with Gasteiger partial charge in [0, 0.05) is 25.3 Å². The molecule has 0 unspecified atom stereocenters. The Hall–Kier alpha value is -2.38. The minimum atomic E-state index is -0.619. The third-order valence-corrected chi connectivity index (χ3v) is 4.10. The number of oxazole rings is 1. The highest BCUT2D eigenvalue weighted by Gasteiger charge is 2.31. The monoisotopic (exact) mass is 320 g/mol. The fourth-order valence-electron chi connectivity index (χ4n) is 2.77. The molecule has 0 radical (unpaired) electrons. The van der Waals surface area contributed by atoms with Crippen LogP contribution in [-0.4, -0.2) is 40.3 Å². The number of nitrogens with one attached hydrogen (secondary N) is 2. The summed E-state index contributed by atoms with van der Waals surface area (Å²) < 4.78 is 5.71. The molecule has 0 aliphatic carbocycles. The summed E-state index contributed by atoms with van der Waals surface area (Å²) in [6.45, 7) is 5.05. The van der Waals surface area contributed by atoms with E-state index >= 15 is 0 Å². The van der Waals surface area contributed by atoms with E-state index in [0.717, 1.165) is 11.5 Å². The third kappa shape index (κ3) is 3.20. The first-order chi connectivity index (χ1) is 10.9. The van der Waals surface area contributed by atoms with Gasteiger partial charge in [-0.05, 0) is 6.42 Å². The number of hydrogen-bond donors (Lipinski definition) is 2. The van der Waals surface area contributed by atoms with Gasteiger partial charge in [-0.3, -0.25) is 14.9 Å². The Morgan fingerprint density at radius 2 is 2.22 bits per heavy atom. The zero-order valence-electron chi connectivity index (χ0n) is 13.2. The molecule has 4 amide bonds. The minimum Gasteiger partial charge on any atom is -0.445 e. The van der Waals surface area contributed by atoms with Crippen molar-refractivity contribution in [2.75, 3.05) is 6.54 Å². The number of imide groups is 1. The largest absolute Gasteiger partial charge is 0.445 e. The summed E-state index contributed by atoms with van der Waals surface area (Å²) >= 11 is 0. The van der Waals surface area contributed by atoms with Gasteiger partial charge in [-0.25, -0.2) is 9.78 Å². The minimum absolute atomic E-state index is 0.0429. The van der Waals surface area contributed by atoms with E-state index in [-0.39, 0.29) is 24.2 Å². The van der Waals surface area contributed by atoms with Crippen molar-refractivity contribution in [1.29, 1.82) is 0 Å². The van der Waals surface area contributed by atoms with E-state index in [1.165, 1.54) is 0 Å². The number of urea groups is 1. The maximum atomic E-state index is 12.3. The van der Waals surface area contributed by atoms with E-state index in [1.807, 2.05) is 13.8 Å². The van der Waals surface area contributed by atoms with Crippen LogP contribution in [0.1, 0.15) is 50.0 Å². The molecule has 3 rings (SSSR count). The predicted octanol–water partition coefficient (Wildman–Crippen LogP) is 0.671. The van der Waals surface area contributed by atoms with Crippen LogP contribution < -0.4 is 10.6 Å². The van der Waals surface area contributed by atoms with Gasteiger partial charge in [-0.1, -0.05) is 13.8 Å². The van der Waals surface area contributed by atoms with E-state index < -0.39 is 12.1 Å². The topological polar surface area (TPSA) is 105 Å². The van der Waals surface area contributed by atoms with Crippen LogP contribution in [0.25, 0.3) is 0 Å². The van der Waals surface area contributed by atoms with E-state index in [0.29, 0.717) is 31.8 Å². The fourth-order valence-corrected chi connectivity index (χ4v) is 2.77. The summed E-state index contributed by atoms with van der Waals surface area (Å²) in [5.74, 6) is 1.37. The lowest BCUT2D eigenvalue weighted by atomic mass is 10.1. The summed E-state index contributed by atoms with van der Waals surface area (Å²) in [6.07, 6.45) is 1.17. The number of rotatable bonds is 4. The van der Waals surface area contributed by atoms with Crippen LogP contribution in [0.3, 0.4) is 0 Å². The standard InChI is InChI=1S/C15H20N4O4/c1-8(2)14-16-10-7-19(6-5-11(10)23-14)12(20)4-3-9-13(21)18-15(22)17-9/h8-9H,3-7H2,1-2H3,(H2,17,18,21,22)/t9-/m0/s1. The molecule has 3 heterocycles. The fraction of sp³-hybridized carbons (Fsp3) is 0.600. The number of hydrogen-bond acceptors (Lipinski definition) is 5. The van der Waals surface area contributed by atoms with Crippen LogP contribution >= 0.6 is 0 Å². The van der Waals surface area contributed by atoms with Gasteiger partial charge < -0.3 is 14.6 Å². The molecule has 1 fully saturated rings. The Labute approximate surface area is 133 Å². The zero-order chi connectivity index (χ0) is 16.6. The molecular weight excluding hydrogens is 300 g/mol.